The zero-order chi connectivity index (χ0) is 18.0. The average molecular weight is 365 g/mol. The highest BCUT2D eigenvalue weighted by Gasteiger charge is 2.28. The van der Waals surface area contributed by atoms with E-state index in [0.29, 0.717) is 5.39 Å². The van der Waals surface area contributed by atoms with Crippen molar-refractivity contribution in [1.82, 2.24) is 4.72 Å². The third-order valence-corrected chi connectivity index (χ3v) is 4.48. The molecule has 0 aliphatic rings. The maximum absolute atomic E-state index is 12.2. The molecule has 2 rings (SSSR count). The molecule has 0 saturated carbocycles. The van der Waals surface area contributed by atoms with Crippen molar-refractivity contribution in [3.8, 4) is 0 Å². The first kappa shape index (κ1) is 18.4. The topological polar surface area (TPSA) is 85.6 Å². The molecular formula is C14H14F3NO5S. The van der Waals surface area contributed by atoms with Crippen LogP contribution in [0, 0.1) is 0 Å². The molecule has 0 spiro atoms. The minimum Gasteiger partial charge on any atom is -0.423 e. The summed E-state index contributed by atoms with van der Waals surface area (Å²) in [4.78, 5) is 11.0. The van der Waals surface area contributed by atoms with Crippen LogP contribution in [-0.2, 0) is 14.8 Å². The second-order valence-corrected chi connectivity index (χ2v) is 6.82. The van der Waals surface area contributed by atoms with Crippen LogP contribution >= 0.6 is 0 Å². The van der Waals surface area contributed by atoms with Crippen LogP contribution in [0.2, 0.25) is 0 Å². The van der Waals surface area contributed by atoms with Gasteiger partial charge in [-0.15, -0.1) is 0 Å². The second kappa shape index (κ2) is 6.91. The molecule has 1 aromatic heterocycles. The van der Waals surface area contributed by atoms with Crippen LogP contribution in [-0.4, -0.2) is 33.8 Å². The van der Waals surface area contributed by atoms with E-state index in [9.17, 15) is 26.4 Å². The van der Waals surface area contributed by atoms with Gasteiger partial charge in [-0.1, -0.05) is 0 Å². The standard InChI is InChI=1S/C14H14F3NO5S/c1-9(7-22-8-14(15,16)17)18-24(20,21)11-3-4-12-10(6-11)2-5-13(19)23-12/h2-6,9,18H,7-8H2,1H3. The van der Waals surface area contributed by atoms with E-state index in [1.54, 1.807) is 0 Å². The van der Waals surface area contributed by atoms with E-state index in [-0.39, 0.29) is 10.5 Å². The Labute approximate surface area is 135 Å². The number of nitrogens with one attached hydrogen (secondary N) is 1. The second-order valence-electron chi connectivity index (χ2n) is 5.11. The molecule has 6 nitrogen and oxygen atoms in total. The van der Waals surface area contributed by atoms with Gasteiger partial charge in [-0.05, 0) is 31.2 Å². The molecule has 1 heterocycles. The van der Waals surface area contributed by atoms with E-state index in [1.165, 1.54) is 31.2 Å². The van der Waals surface area contributed by atoms with Crippen molar-refractivity contribution in [3.05, 3.63) is 40.8 Å². The number of ether oxygens (including phenoxy) is 1. The molecule has 0 fully saturated rings. The summed E-state index contributed by atoms with van der Waals surface area (Å²) in [6, 6.07) is 5.56. The van der Waals surface area contributed by atoms with Crippen LogP contribution in [0.3, 0.4) is 0 Å². The van der Waals surface area contributed by atoms with Gasteiger partial charge in [0, 0.05) is 17.5 Å². The van der Waals surface area contributed by atoms with Crippen molar-refractivity contribution in [2.75, 3.05) is 13.2 Å². The van der Waals surface area contributed by atoms with Crippen LogP contribution in [0.15, 0.2) is 44.4 Å². The molecule has 2 aromatic rings. The first-order chi connectivity index (χ1) is 11.1. The zero-order valence-electron chi connectivity index (χ0n) is 12.5. The van der Waals surface area contributed by atoms with Gasteiger partial charge in [-0.25, -0.2) is 17.9 Å². The number of alkyl halides is 3. The maximum Gasteiger partial charge on any atom is 0.411 e. The number of halogens is 3. The number of fused-ring (bicyclic) bond motifs is 1. The van der Waals surface area contributed by atoms with Crippen LogP contribution < -0.4 is 10.3 Å². The first-order valence-electron chi connectivity index (χ1n) is 6.77. The van der Waals surface area contributed by atoms with Crippen LogP contribution in [0.5, 0.6) is 0 Å². The molecule has 1 unspecified atom stereocenters. The summed E-state index contributed by atoms with van der Waals surface area (Å²) in [5.74, 6) is 0. The third-order valence-electron chi connectivity index (χ3n) is 2.89. The monoisotopic (exact) mass is 365 g/mol. The van der Waals surface area contributed by atoms with Crippen molar-refractivity contribution >= 4 is 21.0 Å². The van der Waals surface area contributed by atoms with Gasteiger partial charge in [0.25, 0.3) is 0 Å². The Hall–Kier alpha value is -1.91. The number of hydrogen-bond acceptors (Lipinski definition) is 5. The highest BCUT2D eigenvalue weighted by Crippen LogP contribution is 2.18. The predicted octanol–water partition coefficient (Wildman–Crippen LogP) is 2.04. The van der Waals surface area contributed by atoms with Crippen LogP contribution in [0.4, 0.5) is 13.2 Å². The maximum atomic E-state index is 12.2. The molecule has 10 heteroatoms. The lowest BCUT2D eigenvalue weighted by Crippen LogP contribution is -2.36. The Kier molecular flexibility index (Phi) is 5.31. The largest absolute Gasteiger partial charge is 0.423 e. The van der Waals surface area contributed by atoms with Gasteiger partial charge < -0.3 is 9.15 Å². The van der Waals surface area contributed by atoms with Gasteiger partial charge >= 0.3 is 11.8 Å². The van der Waals surface area contributed by atoms with Crippen LogP contribution in [0.1, 0.15) is 6.92 Å². The molecular weight excluding hydrogens is 351 g/mol. The summed E-state index contributed by atoms with van der Waals surface area (Å²) >= 11 is 0. The van der Waals surface area contributed by atoms with Gasteiger partial charge in [0.05, 0.1) is 11.5 Å². The molecule has 1 aromatic carbocycles. The number of benzene rings is 1. The number of sulfonamides is 1. The summed E-state index contributed by atoms with van der Waals surface area (Å²) in [6.07, 6.45) is -4.47. The highest BCUT2D eigenvalue weighted by atomic mass is 32.2. The molecule has 0 aliphatic carbocycles. The fourth-order valence-electron chi connectivity index (χ4n) is 1.94. The Balaban J connectivity index is 2.09. The van der Waals surface area contributed by atoms with Gasteiger partial charge in [-0.2, -0.15) is 13.2 Å². The summed E-state index contributed by atoms with van der Waals surface area (Å²) in [5.41, 5.74) is -0.338. The quantitative estimate of drug-likeness (QED) is 0.792. The van der Waals surface area contributed by atoms with E-state index < -0.39 is 41.1 Å². The third kappa shape index (κ3) is 5.05. The van der Waals surface area contributed by atoms with Gasteiger partial charge in [0.15, 0.2) is 0 Å². The van der Waals surface area contributed by atoms with Crippen LogP contribution in [0.25, 0.3) is 11.0 Å². The fourth-order valence-corrected chi connectivity index (χ4v) is 3.20. The summed E-state index contributed by atoms with van der Waals surface area (Å²) in [7, 11) is -3.96. The van der Waals surface area contributed by atoms with E-state index >= 15 is 0 Å². The molecule has 0 aliphatic heterocycles. The Bertz CT molecular complexity index is 876. The molecule has 132 valence electrons. The molecule has 1 atom stereocenters. The Morgan fingerprint density at radius 3 is 2.62 bits per heavy atom. The normalized spacial score (nSPS) is 14.0. The van der Waals surface area contributed by atoms with Gasteiger partial charge in [0.2, 0.25) is 10.0 Å². The fraction of sp³-hybridized carbons (Fsp3) is 0.357. The lowest BCUT2D eigenvalue weighted by molar-refractivity contribution is -0.174. The zero-order valence-corrected chi connectivity index (χ0v) is 13.3. The minimum absolute atomic E-state index is 0.105. The molecule has 0 radical (unpaired) electrons. The van der Waals surface area contributed by atoms with Crippen molar-refractivity contribution in [3.63, 3.8) is 0 Å². The molecule has 0 bridgehead atoms. The van der Waals surface area contributed by atoms with Crippen molar-refractivity contribution < 1.29 is 30.7 Å². The SMILES string of the molecule is CC(COCC(F)(F)F)NS(=O)(=O)c1ccc2oc(=O)ccc2c1. The number of hydrogen-bond donors (Lipinski definition) is 1. The van der Waals surface area contributed by atoms with Crippen molar-refractivity contribution in [1.29, 1.82) is 0 Å². The smallest absolute Gasteiger partial charge is 0.411 e. The Morgan fingerprint density at radius 2 is 1.96 bits per heavy atom. The summed E-state index contributed by atoms with van der Waals surface area (Å²) in [6.45, 7) is -0.497. The van der Waals surface area contributed by atoms with E-state index in [0.717, 1.165) is 6.07 Å². The molecule has 24 heavy (non-hydrogen) atoms. The predicted molar refractivity (Wildman–Crippen MR) is 79.1 cm³/mol. The highest BCUT2D eigenvalue weighted by molar-refractivity contribution is 7.89. The van der Waals surface area contributed by atoms with E-state index in [1.807, 2.05) is 0 Å². The first-order valence-corrected chi connectivity index (χ1v) is 8.26. The lowest BCUT2D eigenvalue weighted by Gasteiger charge is -2.15. The molecule has 0 saturated heterocycles. The van der Waals surface area contributed by atoms with Crippen molar-refractivity contribution in [2.45, 2.75) is 24.0 Å². The lowest BCUT2D eigenvalue weighted by atomic mass is 10.2. The summed E-state index contributed by atoms with van der Waals surface area (Å²) in [5, 5.41) is 0.401. The molecule has 1 N–H and O–H groups in total. The van der Waals surface area contributed by atoms with Crippen molar-refractivity contribution in [2.24, 2.45) is 0 Å². The van der Waals surface area contributed by atoms with E-state index in [4.69, 9.17) is 4.42 Å². The minimum atomic E-state index is -4.47. The average Bonchev–Trinajstić information content (AvgIpc) is 2.44. The van der Waals surface area contributed by atoms with E-state index in [2.05, 4.69) is 9.46 Å². The Morgan fingerprint density at radius 1 is 1.25 bits per heavy atom. The summed E-state index contributed by atoms with van der Waals surface area (Å²) < 4.78 is 72.0. The van der Waals surface area contributed by atoms with Gasteiger partial charge in [0.1, 0.15) is 12.2 Å². The number of rotatable bonds is 6. The molecule has 0 amide bonds. The van der Waals surface area contributed by atoms with Gasteiger partial charge in [-0.3, -0.25) is 0 Å².